The van der Waals surface area contributed by atoms with E-state index >= 15 is 0 Å². The maximum absolute atomic E-state index is 13.6. The van der Waals surface area contributed by atoms with Crippen LogP contribution in [0.3, 0.4) is 0 Å². The lowest BCUT2D eigenvalue weighted by molar-refractivity contribution is 0.204. The number of aliphatic hydroxyl groups is 1. The van der Waals surface area contributed by atoms with Crippen LogP contribution in [0.4, 0.5) is 4.39 Å². The molecule has 1 aromatic carbocycles. The van der Waals surface area contributed by atoms with Crippen molar-refractivity contribution in [3.8, 4) is 0 Å². The molecule has 0 aliphatic carbocycles. The molecule has 2 rings (SSSR count). The Morgan fingerprint density at radius 2 is 2.19 bits per heavy atom. The fourth-order valence-corrected chi connectivity index (χ4v) is 1.87. The predicted molar refractivity (Wildman–Crippen MR) is 61.4 cm³/mol. The Labute approximate surface area is 101 Å². The number of aryl methyl sites for hydroxylation is 1. The van der Waals surface area contributed by atoms with E-state index in [4.69, 9.17) is 0 Å². The third-order valence-electron chi connectivity index (χ3n) is 2.40. The van der Waals surface area contributed by atoms with Crippen LogP contribution in [-0.4, -0.2) is 14.9 Å². The van der Waals surface area contributed by atoms with E-state index in [2.05, 4.69) is 21.0 Å². The number of rotatable bonds is 2. The fraction of sp³-hybridized carbons (Fsp3) is 0.182. The summed E-state index contributed by atoms with van der Waals surface area (Å²) in [4.78, 5) is 0. The third kappa shape index (κ3) is 2.01. The molecule has 84 valence electrons. The van der Waals surface area contributed by atoms with Gasteiger partial charge in [-0.1, -0.05) is 22.0 Å². The van der Waals surface area contributed by atoms with Gasteiger partial charge in [-0.3, -0.25) is 4.68 Å². The Balaban J connectivity index is 2.41. The Hall–Kier alpha value is -1.20. The highest BCUT2D eigenvalue weighted by atomic mass is 79.9. The molecule has 16 heavy (non-hydrogen) atoms. The molecule has 0 fully saturated rings. The average Bonchev–Trinajstić information content (AvgIpc) is 2.63. The summed E-state index contributed by atoms with van der Waals surface area (Å²) >= 11 is 3.17. The summed E-state index contributed by atoms with van der Waals surface area (Å²) in [6.07, 6.45) is 0.565. The summed E-state index contributed by atoms with van der Waals surface area (Å²) in [7, 11) is 1.70. The molecule has 1 aromatic heterocycles. The highest BCUT2D eigenvalue weighted by molar-refractivity contribution is 9.10. The van der Waals surface area contributed by atoms with Crippen LogP contribution in [0.2, 0.25) is 0 Å². The van der Waals surface area contributed by atoms with E-state index in [0.717, 1.165) is 0 Å². The molecule has 1 N–H and O–H groups in total. The van der Waals surface area contributed by atoms with Crippen molar-refractivity contribution in [1.29, 1.82) is 0 Å². The molecule has 0 aliphatic heterocycles. The van der Waals surface area contributed by atoms with Gasteiger partial charge in [0.25, 0.3) is 0 Å². The van der Waals surface area contributed by atoms with E-state index in [1.165, 1.54) is 10.7 Å². The van der Waals surface area contributed by atoms with Crippen molar-refractivity contribution in [2.45, 2.75) is 6.10 Å². The Bertz CT molecular complexity index is 512. The van der Waals surface area contributed by atoms with Gasteiger partial charge in [-0.2, -0.15) is 5.10 Å². The number of nitrogens with zero attached hydrogens (tertiary/aromatic N) is 2. The Kier molecular flexibility index (Phi) is 3.07. The first-order valence-electron chi connectivity index (χ1n) is 4.70. The molecule has 1 atom stereocenters. The van der Waals surface area contributed by atoms with Crippen molar-refractivity contribution in [2.75, 3.05) is 0 Å². The zero-order valence-electron chi connectivity index (χ0n) is 8.56. The summed E-state index contributed by atoms with van der Waals surface area (Å²) < 4.78 is 15.8. The first-order valence-corrected chi connectivity index (χ1v) is 5.50. The van der Waals surface area contributed by atoms with Crippen LogP contribution in [0.25, 0.3) is 0 Å². The highest BCUT2D eigenvalue weighted by Gasteiger charge is 2.17. The second-order valence-corrected chi connectivity index (χ2v) is 4.36. The van der Waals surface area contributed by atoms with Gasteiger partial charge in [0, 0.05) is 23.3 Å². The molecule has 0 saturated heterocycles. The van der Waals surface area contributed by atoms with Gasteiger partial charge >= 0.3 is 0 Å². The molecule has 1 unspecified atom stereocenters. The van der Waals surface area contributed by atoms with Crippen LogP contribution < -0.4 is 0 Å². The second kappa shape index (κ2) is 4.35. The van der Waals surface area contributed by atoms with E-state index in [1.807, 2.05) is 0 Å². The molecule has 0 bridgehead atoms. The number of halogens is 2. The van der Waals surface area contributed by atoms with Gasteiger partial charge in [0.15, 0.2) is 0 Å². The van der Waals surface area contributed by atoms with Gasteiger partial charge in [-0.15, -0.1) is 0 Å². The van der Waals surface area contributed by atoms with Crippen molar-refractivity contribution in [2.24, 2.45) is 7.05 Å². The van der Waals surface area contributed by atoms with Crippen molar-refractivity contribution >= 4 is 15.9 Å². The molecular formula is C11H10BrFN2O. The van der Waals surface area contributed by atoms with Crippen LogP contribution in [0.15, 0.2) is 34.9 Å². The van der Waals surface area contributed by atoms with E-state index in [-0.39, 0.29) is 5.56 Å². The van der Waals surface area contributed by atoms with Gasteiger partial charge in [0.1, 0.15) is 11.9 Å². The van der Waals surface area contributed by atoms with Crippen LogP contribution in [0, 0.1) is 5.82 Å². The van der Waals surface area contributed by atoms with E-state index < -0.39 is 11.9 Å². The molecule has 0 spiro atoms. The molecule has 0 aliphatic rings. The minimum atomic E-state index is -0.999. The van der Waals surface area contributed by atoms with Crippen molar-refractivity contribution in [1.82, 2.24) is 9.78 Å². The van der Waals surface area contributed by atoms with Crippen molar-refractivity contribution in [3.05, 3.63) is 52.0 Å². The number of aliphatic hydroxyl groups excluding tert-OH is 1. The molecule has 2 aromatic rings. The zero-order chi connectivity index (χ0) is 11.7. The predicted octanol–water partition coefficient (Wildman–Crippen LogP) is 2.40. The molecule has 1 heterocycles. The zero-order valence-corrected chi connectivity index (χ0v) is 10.1. The quantitative estimate of drug-likeness (QED) is 0.920. The minimum Gasteiger partial charge on any atom is -0.382 e. The highest BCUT2D eigenvalue weighted by Crippen LogP contribution is 2.25. The first-order chi connectivity index (χ1) is 7.59. The maximum Gasteiger partial charge on any atom is 0.130 e. The lowest BCUT2D eigenvalue weighted by atomic mass is 10.1. The SMILES string of the molecule is Cn1nccc1C(O)c1ccc(Br)cc1F. The molecule has 3 nitrogen and oxygen atoms in total. The summed E-state index contributed by atoms with van der Waals surface area (Å²) in [5, 5.41) is 14.0. The summed E-state index contributed by atoms with van der Waals surface area (Å²) in [6.45, 7) is 0. The van der Waals surface area contributed by atoms with Crippen LogP contribution >= 0.6 is 15.9 Å². The fourth-order valence-electron chi connectivity index (χ4n) is 1.53. The van der Waals surface area contributed by atoms with Crippen LogP contribution in [0.5, 0.6) is 0 Å². The van der Waals surface area contributed by atoms with E-state index in [1.54, 1.807) is 31.4 Å². The number of hydrogen-bond donors (Lipinski definition) is 1. The summed E-state index contributed by atoms with van der Waals surface area (Å²) in [5.74, 6) is -0.442. The standard InChI is InChI=1S/C11H10BrFN2O/c1-15-10(4-5-14-15)11(16)8-3-2-7(12)6-9(8)13/h2-6,11,16H,1H3. The number of benzene rings is 1. The average molecular weight is 285 g/mol. The Morgan fingerprint density at radius 1 is 1.44 bits per heavy atom. The minimum absolute atomic E-state index is 0.242. The van der Waals surface area contributed by atoms with Crippen molar-refractivity contribution < 1.29 is 9.50 Å². The van der Waals surface area contributed by atoms with Crippen LogP contribution in [0.1, 0.15) is 17.4 Å². The second-order valence-electron chi connectivity index (χ2n) is 3.45. The maximum atomic E-state index is 13.6. The molecule has 0 amide bonds. The lowest BCUT2D eigenvalue weighted by Crippen LogP contribution is -2.08. The lowest BCUT2D eigenvalue weighted by Gasteiger charge is -2.12. The summed E-state index contributed by atoms with van der Waals surface area (Å²) in [5.41, 5.74) is 0.799. The number of aromatic nitrogens is 2. The van der Waals surface area contributed by atoms with Gasteiger partial charge in [-0.25, -0.2) is 4.39 Å². The van der Waals surface area contributed by atoms with Gasteiger partial charge in [-0.05, 0) is 18.2 Å². The molecule has 5 heteroatoms. The van der Waals surface area contributed by atoms with E-state index in [9.17, 15) is 9.50 Å². The third-order valence-corrected chi connectivity index (χ3v) is 2.89. The van der Waals surface area contributed by atoms with Gasteiger partial charge in [0.2, 0.25) is 0 Å². The topological polar surface area (TPSA) is 38.0 Å². The smallest absolute Gasteiger partial charge is 0.130 e. The monoisotopic (exact) mass is 284 g/mol. The molecular weight excluding hydrogens is 275 g/mol. The van der Waals surface area contributed by atoms with Crippen molar-refractivity contribution in [3.63, 3.8) is 0 Å². The normalized spacial score (nSPS) is 12.8. The summed E-state index contributed by atoms with van der Waals surface area (Å²) in [6, 6.07) is 6.23. The first kappa shape index (κ1) is 11.3. The Morgan fingerprint density at radius 3 is 2.75 bits per heavy atom. The molecule has 0 radical (unpaired) electrons. The number of hydrogen-bond acceptors (Lipinski definition) is 2. The largest absolute Gasteiger partial charge is 0.382 e. The van der Waals surface area contributed by atoms with Gasteiger partial charge < -0.3 is 5.11 Å². The van der Waals surface area contributed by atoms with E-state index in [0.29, 0.717) is 10.2 Å². The molecule has 0 saturated carbocycles. The van der Waals surface area contributed by atoms with Crippen LogP contribution in [-0.2, 0) is 7.05 Å². The van der Waals surface area contributed by atoms with Gasteiger partial charge in [0.05, 0.1) is 5.69 Å².